The predicted octanol–water partition coefficient (Wildman–Crippen LogP) is 0.825. The zero-order valence-electron chi connectivity index (χ0n) is 11.8. The van der Waals surface area contributed by atoms with Crippen molar-refractivity contribution in [3.63, 3.8) is 0 Å². The van der Waals surface area contributed by atoms with Gasteiger partial charge in [-0.2, -0.15) is 0 Å². The lowest BCUT2D eigenvalue weighted by Crippen LogP contribution is -2.53. The molecular weight excluding hydrogens is 258 g/mol. The Morgan fingerprint density at radius 3 is 2.65 bits per heavy atom. The van der Waals surface area contributed by atoms with Crippen LogP contribution in [-0.2, 0) is 7.05 Å². The van der Waals surface area contributed by atoms with Crippen molar-refractivity contribution >= 4 is 0 Å². The molecular formula is C14H21N3O3. The molecule has 3 N–H and O–H groups in total. The fourth-order valence-corrected chi connectivity index (χ4v) is 2.15. The molecule has 0 saturated carbocycles. The summed E-state index contributed by atoms with van der Waals surface area (Å²) < 4.78 is 7.36. The van der Waals surface area contributed by atoms with Crippen LogP contribution in [0.3, 0.4) is 0 Å². The maximum atomic E-state index is 9.61. The number of hydrogen-bond donors (Lipinski definition) is 3. The molecule has 0 radical (unpaired) electrons. The minimum Gasteiger partial charge on any atom is -0.467 e. The lowest BCUT2D eigenvalue weighted by Gasteiger charge is -2.33. The van der Waals surface area contributed by atoms with E-state index in [0.29, 0.717) is 12.2 Å². The van der Waals surface area contributed by atoms with Crippen molar-refractivity contribution in [2.45, 2.75) is 24.9 Å². The number of nitrogens with one attached hydrogen (secondary N) is 1. The number of furan rings is 1. The smallest absolute Gasteiger partial charge is 0.133 e. The summed E-state index contributed by atoms with van der Waals surface area (Å²) in [6.45, 7) is 1.58. The second-order valence-corrected chi connectivity index (χ2v) is 4.94. The first-order chi connectivity index (χ1) is 9.65. The Kier molecular flexibility index (Phi) is 4.59. The van der Waals surface area contributed by atoms with Crippen molar-refractivity contribution in [2.75, 3.05) is 13.2 Å². The standard InChI is InChI=1S/C14H21N3O3/c1-3-14(9-18,10-19)16-12(11-5-4-8-20-11)13-15-6-7-17(13)2/h4-8,12,16,18-19H,3,9-10H2,1-2H3. The van der Waals surface area contributed by atoms with Crippen LogP contribution in [0, 0.1) is 0 Å². The number of nitrogens with zero attached hydrogens (tertiary/aromatic N) is 2. The van der Waals surface area contributed by atoms with Crippen molar-refractivity contribution < 1.29 is 14.6 Å². The van der Waals surface area contributed by atoms with E-state index in [-0.39, 0.29) is 19.3 Å². The highest BCUT2D eigenvalue weighted by atomic mass is 16.3. The van der Waals surface area contributed by atoms with E-state index in [9.17, 15) is 10.2 Å². The Bertz CT molecular complexity index is 509. The maximum Gasteiger partial charge on any atom is 0.133 e. The third-order valence-electron chi connectivity index (χ3n) is 3.68. The maximum absolute atomic E-state index is 9.61. The van der Waals surface area contributed by atoms with Crippen molar-refractivity contribution in [3.8, 4) is 0 Å². The highest BCUT2D eigenvalue weighted by Crippen LogP contribution is 2.25. The van der Waals surface area contributed by atoms with E-state index in [1.807, 2.05) is 30.8 Å². The van der Waals surface area contributed by atoms with Gasteiger partial charge in [0.15, 0.2) is 0 Å². The monoisotopic (exact) mass is 279 g/mol. The van der Waals surface area contributed by atoms with E-state index >= 15 is 0 Å². The topological polar surface area (TPSA) is 83.4 Å². The second-order valence-electron chi connectivity index (χ2n) is 4.94. The SMILES string of the molecule is CCC(CO)(CO)NC(c1ccco1)c1nccn1C. The van der Waals surface area contributed by atoms with Crippen LogP contribution in [0.1, 0.15) is 31.0 Å². The van der Waals surface area contributed by atoms with Gasteiger partial charge in [-0.05, 0) is 18.6 Å². The summed E-state index contributed by atoms with van der Waals surface area (Å²) in [4.78, 5) is 4.34. The van der Waals surface area contributed by atoms with E-state index in [0.717, 1.165) is 5.82 Å². The molecule has 110 valence electrons. The molecule has 0 saturated heterocycles. The Morgan fingerprint density at radius 2 is 2.20 bits per heavy atom. The quantitative estimate of drug-likeness (QED) is 0.699. The minimum atomic E-state index is -0.774. The van der Waals surface area contributed by atoms with Gasteiger partial charge >= 0.3 is 0 Å². The molecule has 0 aromatic carbocycles. The Balaban J connectivity index is 2.36. The molecule has 0 aliphatic carbocycles. The van der Waals surface area contributed by atoms with Crippen molar-refractivity contribution in [1.82, 2.24) is 14.9 Å². The predicted molar refractivity (Wildman–Crippen MR) is 74.1 cm³/mol. The van der Waals surface area contributed by atoms with Gasteiger partial charge in [-0.1, -0.05) is 6.92 Å². The molecule has 0 spiro atoms. The molecule has 0 fully saturated rings. The van der Waals surface area contributed by atoms with Gasteiger partial charge < -0.3 is 19.2 Å². The van der Waals surface area contributed by atoms with Gasteiger partial charge in [-0.3, -0.25) is 5.32 Å². The summed E-state index contributed by atoms with van der Waals surface area (Å²) >= 11 is 0. The zero-order valence-corrected chi connectivity index (χ0v) is 11.8. The number of rotatable bonds is 7. The number of aliphatic hydroxyl groups excluding tert-OH is 2. The Morgan fingerprint density at radius 1 is 1.45 bits per heavy atom. The van der Waals surface area contributed by atoms with Crippen molar-refractivity contribution in [2.24, 2.45) is 7.05 Å². The highest BCUT2D eigenvalue weighted by Gasteiger charge is 2.33. The van der Waals surface area contributed by atoms with Crippen LogP contribution in [0.15, 0.2) is 35.2 Å². The fourth-order valence-electron chi connectivity index (χ4n) is 2.15. The second kappa shape index (κ2) is 6.21. The minimum absolute atomic E-state index is 0.165. The lowest BCUT2D eigenvalue weighted by molar-refractivity contribution is 0.0780. The molecule has 6 heteroatoms. The van der Waals surface area contributed by atoms with Gasteiger partial charge in [0.25, 0.3) is 0 Å². The summed E-state index contributed by atoms with van der Waals surface area (Å²) in [5.74, 6) is 1.46. The van der Waals surface area contributed by atoms with E-state index in [4.69, 9.17) is 4.42 Å². The molecule has 6 nitrogen and oxygen atoms in total. The average molecular weight is 279 g/mol. The normalized spacial score (nSPS) is 13.6. The molecule has 2 heterocycles. The van der Waals surface area contributed by atoms with Gasteiger partial charge in [0.05, 0.1) is 25.0 Å². The Labute approximate surface area is 118 Å². The van der Waals surface area contributed by atoms with E-state index in [1.54, 1.807) is 18.5 Å². The largest absolute Gasteiger partial charge is 0.467 e. The summed E-state index contributed by atoms with van der Waals surface area (Å²) in [6, 6.07) is 3.32. The molecule has 1 atom stereocenters. The average Bonchev–Trinajstić information content (AvgIpc) is 3.13. The lowest BCUT2D eigenvalue weighted by atomic mass is 9.96. The molecule has 0 aliphatic heterocycles. The van der Waals surface area contributed by atoms with Crippen LogP contribution in [0.25, 0.3) is 0 Å². The summed E-state index contributed by atoms with van der Waals surface area (Å²) in [5, 5.41) is 22.5. The molecule has 0 amide bonds. The molecule has 2 rings (SSSR count). The van der Waals surface area contributed by atoms with Crippen molar-refractivity contribution in [3.05, 3.63) is 42.4 Å². The van der Waals surface area contributed by atoms with E-state index in [2.05, 4.69) is 10.3 Å². The van der Waals surface area contributed by atoms with Gasteiger partial charge in [0.1, 0.15) is 17.6 Å². The van der Waals surface area contributed by atoms with Crippen molar-refractivity contribution in [1.29, 1.82) is 0 Å². The number of aryl methyl sites for hydroxylation is 1. The van der Waals surface area contributed by atoms with Gasteiger partial charge in [-0.15, -0.1) is 0 Å². The van der Waals surface area contributed by atoms with Crippen LogP contribution in [0.4, 0.5) is 0 Å². The first-order valence-electron chi connectivity index (χ1n) is 6.66. The van der Waals surface area contributed by atoms with Crippen LogP contribution in [-0.4, -0.2) is 38.5 Å². The Hall–Kier alpha value is -1.63. The summed E-state index contributed by atoms with van der Waals surface area (Å²) in [6.07, 6.45) is 5.73. The first-order valence-corrected chi connectivity index (χ1v) is 6.66. The summed E-state index contributed by atoms with van der Waals surface area (Å²) in [5.41, 5.74) is -0.774. The van der Waals surface area contributed by atoms with Crippen LogP contribution < -0.4 is 5.32 Å². The fraction of sp³-hybridized carbons (Fsp3) is 0.500. The molecule has 0 aliphatic rings. The van der Waals surface area contributed by atoms with E-state index < -0.39 is 5.54 Å². The molecule has 1 unspecified atom stereocenters. The third-order valence-corrected chi connectivity index (χ3v) is 3.68. The first kappa shape index (κ1) is 14.8. The van der Waals surface area contributed by atoms with Crippen LogP contribution in [0.5, 0.6) is 0 Å². The zero-order chi connectivity index (χ0) is 14.6. The van der Waals surface area contributed by atoms with Gasteiger partial charge in [0.2, 0.25) is 0 Å². The van der Waals surface area contributed by atoms with E-state index in [1.165, 1.54) is 0 Å². The number of hydrogen-bond acceptors (Lipinski definition) is 5. The molecule has 20 heavy (non-hydrogen) atoms. The number of aliphatic hydroxyl groups is 2. The van der Waals surface area contributed by atoms with Gasteiger partial charge in [0, 0.05) is 19.4 Å². The van der Waals surface area contributed by atoms with Gasteiger partial charge in [-0.25, -0.2) is 4.98 Å². The molecule has 2 aromatic rings. The van der Waals surface area contributed by atoms with Crippen LogP contribution in [0.2, 0.25) is 0 Å². The molecule has 0 bridgehead atoms. The number of aromatic nitrogens is 2. The third kappa shape index (κ3) is 2.77. The van der Waals surface area contributed by atoms with Crippen LogP contribution >= 0.6 is 0 Å². The highest BCUT2D eigenvalue weighted by molar-refractivity contribution is 5.17. The number of imidazole rings is 1. The molecule has 2 aromatic heterocycles. The summed E-state index contributed by atoms with van der Waals surface area (Å²) in [7, 11) is 1.89.